The molecule has 2 atom stereocenters. The zero-order valence-corrected chi connectivity index (χ0v) is 11.9. The average molecular weight is 272 g/mol. The third kappa shape index (κ3) is 2.96. The van der Waals surface area contributed by atoms with Gasteiger partial charge in [0.1, 0.15) is 0 Å². The van der Waals surface area contributed by atoms with Crippen LogP contribution in [0.4, 0.5) is 0 Å². The molecule has 0 aliphatic carbocycles. The summed E-state index contributed by atoms with van der Waals surface area (Å²) in [7, 11) is 0. The average Bonchev–Trinajstić information content (AvgIpc) is 2.48. The van der Waals surface area contributed by atoms with Crippen LogP contribution in [0.5, 0.6) is 0 Å². The van der Waals surface area contributed by atoms with Gasteiger partial charge in [-0.15, -0.1) is 0 Å². The molecule has 1 heterocycles. The number of hydrogen-bond acceptors (Lipinski definition) is 2. The van der Waals surface area contributed by atoms with Crippen molar-refractivity contribution in [3.05, 3.63) is 48.0 Å². The number of fused-ring (bicyclic) bond motifs is 1. The number of benzene rings is 2. The number of hydrogen-bond donors (Lipinski definition) is 1. The van der Waals surface area contributed by atoms with Crippen molar-refractivity contribution in [2.45, 2.75) is 37.0 Å². The number of rotatable bonds is 3. The van der Waals surface area contributed by atoms with Crippen molar-refractivity contribution in [1.29, 1.82) is 0 Å². The molecule has 0 saturated carbocycles. The summed E-state index contributed by atoms with van der Waals surface area (Å²) in [4.78, 5) is 0. The topological polar surface area (TPSA) is 20.2 Å². The van der Waals surface area contributed by atoms with Gasteiger partial charge in [0.25, 0.3) is 0 Å². The Kier molecular flexibility index (Phi) is 4.09. The lowest BCUT2D eigenvalue weighted by molar-refractivity contribution is 0.166. The normalized spacial score (nSPS) is 21.4. The highest BCUT2D eigenvalue weighted by atomic mass is 32.2. The lowest BCUT2D eigenvalue weighted by Gasteiger charge is -2.26. The minimum Gasteiger partial charge on any atom is -0.392 e. The molecule has 3 rings (SSSR count). The molecule has 1 saturated heterocycles. The highest BCUT2D eigenvalue weighted by Crippen LogP contribution is 2.30. The quantitative estimate of drug-likeness (QED) is 0.910. The van der Waals surface area contributed by atoms with E-state index in [9.17, 15) is 5.11 Å². The second kappa shape index (κ2) is 5.98. The molecule has 1 N–H and O–H groups in total. The standard InChI is InChI=1S/C17H20OS/c18-16(17-10-3-4-11-19-17)12-14-8-5-7-13-6-1-2-9-15(13)14/h1-2,5-9,16-18H,3-4,10-12H2. The Bertz CT molecular complexity index is 540. The number of aliphatic hydroxyl groups is 1. The van der Waals surface area contributed by atoms with E-state index in [4.69, 9.17) is 0 Å². The molecular formula is C17H20OS. The van der Waals surface area contributed by atoms with E-state index >= 15 is 0 Å². The van der Waals surface area contributed by atoms with Crippen LogP contribution in [-0.4, -0.2) is 22.2 Å². The van der Waals surface area contributed by atoms with Crippen molar-refractivity contribution < 1.29 is 5.11 Å². The molecule has 2 heteroatoms. The van der Waals surface area contributed by atoms with Gasteiger partial charge in [-0.2, -0.15) is 11.8 Å². The van der Waals surface area contributed by atoms with Crippen LogP contribution in [0.2, 0.25) is 0 Å². The van der Waals surface area contributed by atoms with Crippen LogP contribution in [0.25, 0.3) is 10.8 Å². The van der Waals surface area contributed by atoms with Gasteiger partial charge in [0.15, 0.2) is 0 Å². The van der Waals surface area contributed by atoms with Gasteiger partial charge in [-0.05, 0) is 34.9 Å². The maximum atomic E-state index is 10.5. The van der Waals surface area contributed by atoms with Gasteiger partial charge >= 0.3 is 0 Å². The summed E-state index contributed by atoms with van der Waals surface area (Å²) >= 11 is 1.95. The van der Waals surface area contributed by atoms with Crippen LogP contribution in [0.1, 0.15) is 24.8 Å². The van der Waals surface area contributed by atoms with Crippen molar-refractivity contribution in [3.8, 4) is 0 Å². The second-order valence-electron chi connectivity index (χ2n) is 5.31. The summed E-state index contributed by atoms with van der Waals surface area (Å²) in [6.07, 6.45) is 4.30. The van der Waals surface area contributed by atoms with E-state index in [0.717, 1.165) is 12.8 Å². The molecule has 0 bridgehead atoms. The van der Waals surface area contributed by atoms with E-state index < -0.39 is 0 Å². The van der Waals surface area contributed by atoms with Crippen molar-refractivity contribution in [1.82, 2.24) is 0 Å². The Morgan fingerprint density at radius 2 is 1.95 bits per heavy atom. The molecule has 0 radical (unpaired) electrons. The fourth-order valence-corrected chi connectivity index (χ4v) is 4.22. The minimum absolute atomic E-state index is 0.212. The lowest BCUT2D eigenvalue weighted by atomic mass is 9.97. The first-order valence-electron chi connectivity index (χ1n) is 7.11. The van der Waals surface area contributed by atoms with Crippen LogP contribution in [-0.2, 0) is 6.42 Å². The summed E-state index contributed by atoms with van der Waals surface area (Å²) < 4.78 is 0. The summed E-state index contributed by atoms with van der Waals surface area (Å²) in [6, 6.07) is 14.8. The van der Waals surface area contributed by atoms with Gasteiger partial charge in [-0.25, -0.2) is 0 Å². The third-order valence-corrected chi connectivity index (χ3v) is 5.46. The molecular weight excluding hydrogens is 252 g/mol. The van der Waals surface area contributed by atoms with E-state index in [1.165, 1.54) is 34.9 Å². The molecule has 2 aromatic carbocycles. The Morgan fingerprint density at radius 1 is 1.11 bits per heavy atom. The first-order chi connectivity index (χ1) is 9.34. The van der Waals surface area contributed by atoms with E-state index in [1.807, 2.05) is 11.8 Å². The van der Waals surface area contributed by atoms with Gasteiger partial charge in [0, 0.05) is 11.7 Å². The molecule has 0 spiro atoms. The molecule has 0 amide bonds. The highest BCUT2D eigenvalue weighted by Gasteiger charge is 2.22. The van der Waals surface area contributed by atoms with E-state index in [-0.39, 0.29) is 6.10 Å². The first kappa shape index (κ1) is 13.0. The minimum atomic E-state index is -0.212. The molecule has 2 unspecified atom stereocenters. The van der Waals surface area contributed by atoms with Crippen LogP contribution >= 0.6 is 11.8 Å². The van der Waals surface area contributed by atoms with Gasteiger partial charge < -0.3 is 5.11 Å². The van der Waals surface area contributed by atoms with Crippen molar-refractivity contribution in [2.24, 2.45) is 0 Å². The third-order valence-electron chi connectivity index (χ3n) is 3.95. The molecule has 2 aromatic rings. The Balaban J connectivity index is 1.80. The molecule has 19 heavy (non-hydrogen) atoms. The zero-order valence-electron chi connectivity index (χ0n) is 11.1. The van der Waals surface area contributed by atoms with Gasteiger partial charge in [-0.3, -0.25) is 0 Å². The van der Waals surface area contributed by atoms with Gasteiger partial charge in [-0.1, -0.05) is 48.9 Å². The van der Waals surface area contributed by atoms with Crippen molar-refractivity contribution in [3.63, 3.8) is 0 Å². The fraction of sp³-hybridized carbons (Fsp3) is 0.412. The largest absolute Gasteiger partial charge is 0.392 e. The highest BCUT2D eigenvalue weighted by molar-refractivity contribution is 8.00. The van der Waals surface area contributed by atoms with Gasteiger partial charge in [0.05, 0.1) is 6.10 Å². The van der Waals surface area contributed by atoms with Crippen molar-refractivity contribution >= 4 is 22.5 Å². The summed E-state index contributed by atoms with van der Waals surface area (Å²) in [5, 5.41) is 13.4. The van der Waals surface area contributed by atoms with Crippen LogP contribution in [0, 0.1) is 0 Å². The molecule has 0 aromatic heterocycles. The predicted octanol–water partition coefficient (Wildman–Crippen LogP) is 4.03. The molecule has 1 nitrogen and oxygen atoms in total. The van der Waals surface area contributed by atoms with E-state index in [0.29, 0.717) is 5.25 Å². The predicted molar refractivity (Wildman–Crippen MR) is 83.8 cm³/mol. The van der Waals surface area contributed by atoms with Crippen molar-refractivity contribution in [2.75, 3.05) is 5.75 Å². The molecule has 1 aliphatic heterocycles. The Hall–Kier alpha value is -0.990. The molecule has 1 aliphatic rings. The molecule has 1 fully saturated rings. The van der Waals surface area contributed by atoms with E-state index in [2.05, 4.69) is 42.5 Å². The monoisotopic (exact) mass is 272 g/mol. The Morgan fingerprint density at radius 3 is 2.79 bits per heavy atom. The van der Waals surface area contributed by atoms with Crippen LogP contribution in [0.3, 0.4) is 0 Å². The smallest absolute Gasteiger partial charge is 0.0699 e. The second-order valence-corrected chi connectivity index (χ2v) is 6.66. The van der Waals surface area contributed by atoms with Crippen LogP contribution < -0.4 is 0 Å². The Labute approximate surface area is 119 Å². The number of aliphatic hydroxyl groups excluding tert-OH is 1. The summed E-state index contributed by atoms with van der Waals surface area (Å²) in [6.45, 7) is 0. The fourth-order valence-electron chi connectivity index (χ4n) is 2.90. The summed E-state index contributed by atoms with van der Waals surface area (Å²) in [5.74, 6) is 1.21. The number of thioether (sulfide) groups is 1. The maximum Gasteiger partial charge on any atom is 0.0699 e. The lowest BCUT2D eigenvalue weighted by Crippen LogP contribution is -2.27. The van der Waals surface area contributed by atoms with E-state index in [1.54, 1.807) is 0 Å². The first-order valence-corrected chi connectivity index (χ1v) is 8.16. The summed E-state index contributed by atoms with van der Waals surface area (Å²) in [5.41, 5.74) is 1.27. The maximum absolute atomic E-state index is 10.5. The van der Waals surface area contributed by atoms with Crippen LogP contribution in [0.15, 0.2) is 42.5 Å². The molecule has 100 valence electrons. The zero-order chi connectivity index (χ0) is 13.1. The SMILES string of the molecule is OC(Cc1cccc2ccccc12)C1CCCCS1. The van der Waals surface area contributed by atoms with Gasteiger partial charge in [0.2, 0.25) is 0 Å².